The summed E-state index contributed by atoms with van der Waals surface area (Å²) in [7, 11) is 0. The number of carbonyl (C=O) groups excluding carboxylic acids is 1. The van der Waals surface area contributed by atoms with Crippen molar-refractivity contribution < 1.29 is 9.53 Å². The second-order valence-corrected chi connectivity index (χ2v) is 6.20. The molecular formula is C17H18BrN5O2. The Bertz CT molecular complexity index is 841. The molecule has 1 N–H and O–H groups in total. The quantitative estimate of drug-likeness (QED) is 0.657. The number of hydrogen-bond acceptors (Lipinski definition) is 4. The van der Waals surface area contributed by atoms with Gasteiger partial charge in [-0.3, -0.25) is 9.48 Å². The molecule has 1 aromatic carbocycles. The van der Waals surface area contributed by atoms with E-state index in [1.807, 2.05) is 41.9 Å². The average Bonchev–Trinajstić information content (AvgIpc) is 3.28. The number of halogens is 1. The Morgan fingerprint density at radius 2 is 2.04 bits per heavy atom. The third-order valence-electron chi connectivity index (χ3n) is 3.58. The van der Waals surface area contributed by atoms with E-state index in [1.165, 1.54) is 0 Å². The van der Waals surface area contributed by atoms with Crippen LogP contribution in [-0.4, -0.2) is 25.5 Å². The first-order valence-electron chi connectivity index (χ1n) is 7.86. The molecule has 2 aromatic heterocycles. The molecular weight excluding hydrogens is 386 g/mol. The van der Waals surface area contributed by atoms with Gasteiger partial charge in [0.1, 0.15) is 11.4 Å². The molecule has 3 rings (SSSR count). The molecule has 25 heavy (non-hydrogen) atoms. The van der Waals surface area contributed by atoms with Crippen LogP contribution in [0.5, 0.6) is 5.75 Å². The second kappa shape index (κ2) is 7.98. The molecule has 0 aliphatic rings. The first-order valence-corrected chi connectivity index (χ1v) is 8.65. The van der Waals surface area contributed by atoms with E-state index in [2.05, 4.69) is 31.4 Å². The zero-order valence-corrected chi connectivity index (χ0v) is 15.3. The molecule has 0 aliphatic carbocycles. The third-order valence-corrected chi connectivity index (χ3v) is 4.11. The largest absolute Gasteiger partial charge is 0.471 e. The van der Waals surface area contributed by atoms with Gasteiger partial charge in [0.15, 0.2) is 6.73 Å². The number of benzene rings is 1. The maximum atomic E-state index is 12.2. The van der Waals surface area contributed by atoms with Gasteiger partial charge in [-0.25, -0.2) is 4.68 Å². The van der Waals surface area contributed by atoms with E-state index >= 15 is 0 Å². The van der Waals surface area contributed by atoms with E-state index in [0.29, 0.717) is 12.2 Å². The van der Waals surface area contributed by atoms with E-state index < -0.39 is 0 Å². The third kappa shape index (κ3) is 4.48. The normalized spacial score (nSPS) is 10.6. The van der Waals surface area contributed by atoms with Crippen LogP contribution in [0.2, 0.25) is 0 Å². The maximum absolute atomic E-state index is 12.2. The lowest BCUT2D eigenvalue weighted by molar-refractivity contribution is 0.0943. The average molecular weight is 404 g/mol. The highest BCUT2D eigenvalue weighted by Crippen LogP contribution is 2.16. The molecule has 0 fully saturated rings. The van der Waals surface area contributed by atoms with Gasteiger partial charge in [-0.05, 0) is 43.3 Å². The van der Waals surface area contributed by atoms with Crippen LogP contribution >= 0.6 is 15.9 Å². The van der Waals surface area contributed by atoms with Crippen LogP contribution in [0.4, 0.5) is 0 Å². The zero-order valence-electron chi connectivity index (χ0n) is 13.7. The molecule has 0 unspecified atom stereocenters. The number of amides is 1. The van der Waals surface area contributed by atoms with E-state index in [1.54, 1.807) is 23.1 Å². The van der Waals surface area contributed by atoms with Crippen molar-refractivity contribution in [1.82, 2.24) is 24.9 Å². The van der Waals surface area contributed by atoms with Crippen LogP contribution in [0, 0.1) is 0 Å². The summed E-state index contributed by atoms with van der Waals surface area (Å²) in [6, 6.07) is 11.1. The van der Waals surface area contributed by atoms with Crippen molar-refractivity contribution in [3.8, 4) is 5.75 Å². The number of nitrogens with zero attached hydrogens (tertiary/aromatic N) is 4. The molecule has 0 saturated heterocycles. The molecule has 0 radical (unpaired) electrons. The first kappa shape index (κ1) is 17.2. The van der Waals surface area contributed by atoms with Gasteiger partial charge in [-0.2, -0.15) is 10.2 Å². The smallest absolute Gasteiger partial charge is 0.272 e. The molecule has 3 aromatic rings. The Morgan fingerprint density at radius 3 is 2.80 bits per heavy atom. The Morgan fingerprint density at radius 1 is 1.24 bits per heavy atom. The highest BCUT2D eigenvalue weighted by Gasteiger charge is 2.10. The summed E-state index contributed by atoms with van der Waals surface area (Å²) >= 11 is 3.38. The van der Waals surface area contributed by atoms with Gasteiger partial charge in [0.25, 0.3) is 5.91 Å². The minimum Gasteiger partial charge on any atom is -0.471 e. The standard InChI is InChI=1S/C17H18BrN5O2/c1-2-23-14(7-9-20-23)11-19-17(24)16-8-10-22(21-16)12-25-15-5-3-13(18)4-6-15/h3-10H,2,11-12H2,1H3,(H,19,24). The number of aromatic nitrogens is 4. The fourth-order valence-electron chi connectivity index (χ4n) is 2.28. The number of ether oxygens (including phenoxy) is 1. The van der Waals surface area contributed by atoms with Gasteiger partial charge in [0.05, 0.1) is 12.2 Å². The van der Waals surface area contributed by atoms with Crippen LogP contribution < -0.4 is 10.1 Å². The van der Waals surface area contributed by atoms with Gasteiger partial charge >= 0.3 is 0 Å². The molecule has 0 atom stereocenters. The van der Waals surface area contributed by atoms with Crippen LogP contribution in [-0.2, 0) is 19.8 Å². The molecule has 0 bridgehead atoms. The van der Waals surface area contributed by atoms with Gasteiger partial charge in [0.2, 0.25) is 0 Å². The van der Waals surface area contributed by atoms with Crippen LogP contribution in [0.3, 0.4) is 0 Å². The highest BCUT2D eigenvalue weighted by atomic mass is 79.9. The summed E-state index contributed by atoms with van der Waals surface area (Å²) in [5.74, 6) is 0.503. The second-order valence-electron chi connectivity index (χ2n) is 5.29. The molecule has 0 saturated carbocycles. The van der Waals surface area contributed by atoms with Gasteiger partial charge in [-0.15, -0.1) is 0 Å². The predicted molar refractivity (Wildman–Crippen MR) is 96.1 cm³/mol. The lowest BCUT2D eigenvalue weighted by Crippen LogP contribution is -2.25. The molecule has 7 nitrogen and oxygen atoms in total. The summed E-state index contributed by atoms with van der Waals surface area (Å²) in [6.45, 7) is 3.41. The van der Waals surface area contributed by atoms with E-state index in [9.17, 15) is 4.79 Å². The summed E-state index contributed by atoms with van der Waals surface area (Å²) in [5, 5.41) is 11.3. The fraction of sp³-hybridized carbons (Fsp3) is 0.235. The highest BCUT2D eigenvalue weighted by molar-refractivity contribution is 9.10. The van der Waals surface area contributed by atoms with E-state index in [-0.39, 0.29) is 12.6 Å². The van der Waals surface area contributed by atoms with Gasteiger partial charge < -0.3 is 10.1 Å². The Kier molecular flexibility index (Phi) is 5.49. The van der Waals surface area contributed by atoms with Crippen LogP contribution in [0.15, 0.2) is 53.3 Å². The van der Waals surface area contributed by atoms with E-state index in [0.717, 1.165) is 22.5 Å². The molecule has 130 valence electrons. The summed E-state index contributed by atoms with van der Waals surface area (Å²) in [5.41, 5.74) is 1.30. The number of hydrogen-bond donors (Lipinski definition) is 1. The maximum Gasteiger partial charge on any atom is 0.272 e. The number of carbonyl (C=O) groups is 1. The minimum absolute atomic E-state index is 0.230. The van der Waals surface area contributed by atoms with Gasteiger partial charge in [0, 0.05) is 23.4 Å². The van der Waals surface area contributed by atoms with Crippen LogP contribution in [0.25, 0.3) is 0 Å². The van der Waals surface area contributed by atoms with Crippen molar-refractivity contribution in [2.45, 2.75) is 26.7 Å². The lowest BCUT2D eigenvalue weighted by Gasteiger charge is -2.07. The molecule has 8 heteroatoms. The minimum atomic E-state index is -0.230. The molecule has 2 heterocycles. The van der Waals surface area contributed by atoms with Crippen LogP contribution in [0.1, 0.15) is 23.1 Å². The van der Waals surface area contributed by atoms with E-state index in [4.69, 9.17) is 4.74 Å². The van der Waals surface area contributed by atoms with Crippen molar-refractivity contribution in [2.75, 3.05) is 0 Å². The monoisotopic (exact) mass is 403 g/mol. The molecule has 0 spiro atoms. The van der Waals surface area contributed by atoms with Crippen molar-refractivity contribution in [3.63, 3.8) is 0 Å². The number of nitrogens with one attached hydrogen (secondary N) is 1. The Balaban J connectivity index is 1.53. The van der Waals surface area contributed by atoms with Crippen molar-refractivity contribution in [3.05, 3.63) is 64.7 Å². The Hall–Kier alpha value is -2.61. The summed E-state index contributed by atoms with van der Waals surface area (Å²) < 4.78 is 10.0. The SMILES string of the molecule is CCn1nccc1CNC(=O)c1ccn(COc2ccc(Br)cc2)n1. The van der Waals surface area contributed by atoms with Crippen molar-refractivity contribution >= 4 is 21.8 Å². The van der Waals surface area contributed by atoms with Crippen molar-refractivity contribution in [1.29, 1.82) is 0 Å². The molecule has 1 amide bonds. The molecule has 0 aliphatic heterocycles. The lowest BCUT2D eigenvalue weighted by atomic mass is 10.3. The van der Waals surface area contributed by atoms with Crippen molar-refractivity contribution in [2.24, 2.45) is 0 Å². The first-order chi connectivity index (χ1) is 12.2. The zero-order chi connectivity index (χ0) is 17.6. The summed E-state index contributed by atoms with van der Waals surface area (Å²) in [6.07, 6.45) is 3.43. The van der Waals surface area contributed by atoms with Gasteiger partial charge in [-0.1, -0.05) is 15.9 Å². The summed E-state index contributed by atoms with van der Waals surface area (Å²) in [4.78, 5) is 12.2. The fourth-order valence-corrected chi connectivity index (χ4v) is 2.55. The number of rotatable bonds is 7. The predicted octanol–water partition coefficient (Wildman–Crippen LogP) is 2.83. The number of aryl methyl sites for hydroxylation is 1. The Labute approximate surface area is 153 Å². The topological polar surface area (TPSA) is 74.0 Å².